The number of nitrogens with one attached hydrogen (secondary N) is 1. The van der Waals surface area contributed by atoms with Crippen LogP contribution in [0.4, 0.5) is 10.6 Å². The van der Waals surface area contributed by atoms with Gasteiger partial charge in [0.1, 0.15) is 24.2 Å². The van der Waals surface area contributed by atoms with E-state index in [-0.39, 0.29) is 18.8 Å². The number of urea groups is 1. The third-order valence-electron chi connectivity index (χ3n) is 5.08. The lowest BCUT2D eigenvalue weighted by Gasteiger charge is -2.15. The molecule has 4 atom stereocenters. The molecule has 36 heavy (non-hydrogen) atoms. The summed E-state index contributed by atoms with van der Waals surface area (Å²) in [4.78, 5) is 35.7. The van der Waals surface area contributed by atoms with E-state index in [4.69, 9.17) is 43.6 Å². The van der Waals surface area contributed by atoms with Crippen molar-refractivity contribution in [3.8, 4) is 0 Å². The van der Waals surface area contributed by atoms with Crippen molar-refractivity contribution in [3.05, 3.63) is 22.2 Å². The van der Waals surface area contributed by atoms with E-state index in [1.54, 1.807) is 13.1 Å². The molecule has 0 radical (unpaired) electrons. The van der Waals surface area contributed by atoms with Gasteiger partial charge in [0.25, 0.3) is 0 Å². The van der Waals surface area contributed by atoms with Crippen LogP contribution < -0.4 is 39.7 Å². The number of aliphatic hydroxyl groups is 2. The monoisotopic (exact) mass is 518 g/mol. The van der Waals surface area contributed by atoms with Gasteiger partial charge in [0.05, 0.1) is 12.7 Å². The number of carboxylic acids is 1. The van der Waals surface area contributed by atoms with Crippen molar-refractivity contribution >= 4 is 17.8 Å². The maximum atomic E-state index is 11.6. The molecule has 0 saturated carbocycles. The van der Waals surface area contributed by atoms with Gasteiger partial charge in [-0.3, -0.25) is 9.36 Å². The highest BCUT2D eigenvalue weighted by molar-refractivity contribution is 5.73. The Labute approximate surface area is 210 Å². The number of rotatable bonds is 11. The number of hydrogen-bond donors (Lipinski definition) is 9. The first-order valence-corrected chi connectivity index (χ1v) is 11.7. The van der Waals surface area contributed by atoms with Crippen molar-refractivity contribution < 1.29 is 29.6 Å². The van der Waals surface area contributed by atoms with E-state index >= 15 is 0 Å². The van der Waals surface area contributed by atoms with Gasteiger partial charge in [-0.25, -0.2) is 9.59 Å². The van der Waals surface area contributed by atoms with Crippen LogP contribution in [0.2, 0.25) is 0 Å². The second-order valence-corrected chi connectivity index (χ2v) is 8.13. The SMILES string of the molecule is Cc1cn([C@H]2C[C@H](O)[C@@H](CO)O2)c(=O)nc1N.NC(=O)NCCCCC(N)C(=O)O.NCCCCN. The first-order valence-electron chi connectivity index (χ1n) is 11.7. The fourth-order valence-corrected chi connectivity index (χ4v) is 2.95. The molecule has 1 aliphatic heterocycles. The molecule has 208 valence electrons. The predicted molar refractivity (Wildman–Crippen MR) is 134 cm³/mol. The van der Waals surface area contributed by atoms with Crippen molar-refractivity contribution in [2.45, 2.75) is 69.9 Å². The van der Waals surface area contributed by atoms with Gasteiger partial charge in [-0.15, -0.1) is 0 Å². The highest BCUT2D eigenvalue weighted by Crippen LogP contribution is 2.27. The van der Waals surface area contributed by atoms with Crippen LogP contribution in [0, 0.1) is 6.92 Å². The van der Waals surface area contributed by atoms with Gasteiger partial charge in [0, 0.05) is 24.7 Å². The Bertz CT molecular complexity index is 835. The van der Waals surface area contributed by atoms with Gasteiger partial charge in [-0.2, -0.15) is 4.98 Å². The number of nitrogen functional groups attached to an aromatic ring is 1. The largest absolute Gasteiger partial charge is 0.480 e. The number of primary amides is 1. The lowest BCUT2D eigenvalue weighted by molar-refractivity contribution is -0.138. The molecule has 14 N–H and O–H groups in total. The van der Waals surface area contributed by atoms with Crippen LogP contribution in [0.25, 0.3) is 0 Å². The molecule has 15 nitrogen and oxygen atoms in total. The van der Waals surface area contributed by atoms with Crippen molar-refractivity contribution in [2.24, 2.45) is 22.9 Å². The number of aliphatic carboxylic acids is 1. The van der Waals surface area contributed by atoms with E-state index in [1.165, 1.54) is 4.57 Å². The number of carbonyl (C=O) groups excluding carboxylic acids is 1. The molecular weight excluding hydrogens is 476 g/mol. The summed E-state index contributed by atoms with van der Waals surface area (Å²) in [6.07, 6.45) is 3.62. The average Bonchev–Trinajstić information content (AvgIpc) is 3.20. The van der Waals surface area contributed by atoms with E-state index in [1.807, 2.05) is 0 Å². The zero-order valence-electron chi connectivity index (χ0n) is 20.7. The molecule has 2 rings (SSSR count). The van der Waals surface area contributed by atoms with Gasteiger partial charge in [-0.1, -0.05) is 0 Å². The molecule has 1 unspecified atom stereocenters. The summed E-state index contributed by atoms with van der Waals surface area (Å²) < 4.78 is 6.65. The van der Waals surface area contributed by atoms with Crippen LogP contribution in [0.15, 0.2) is 11.0 Å². The Kier molecular flexibility index (Phi) is 17.0. The van der Waals surface area contributed by atoms with Crippen molar-refractivity contribution in [3.63, 3.8) is 0 Å². The highest BCUT2D eigenvalue weighted by Gasteiger charge is 2.35. The number of carboxylic acid groups (broad SMARTS) is 1. The molecule has 0 bridgehead atoms. The zero-order chi connectivity index (χ0) is 27.7. The number of ether oxygens (including phenoxy) is 1. The molecule has 1 aliphatic rings. The number of aryl methyl sites for hydroxylation is 1. The minimum Gasteiger partial charge on any atom is -0.480 e. The quantitative estimate of drug-likeness (QED) is 0.140. The van der Waals surface area contributed by atoms with E-state index in [0.29, 0.717) is 31.4 Å². The van der Waals surface area contributed by atoms with Gasteiger partial charge in [-0.05, 0) is 52.1 Å². The first kappa shape index (κ1) is 33.2. The van der Waals surface area contributed by atoms with Crippen LogP contribution in [0.1, 0.15) is 50.3 Å². The molecule has 0 aliphatic carbocycles. The fourth-order valence-electron chi connectivity index (χ4n) is 2.95. The summed E-state index contributed by atoms with van der Waals surface area (Å²) in [7, 11) is 0. The normalized spacial score (nSPS) is 19.3. The van der Waals surface area contributed by atoms with Gasteiger partial charge in [0.15, 0.2) is 0 Å². The molecule has 15 heteroatoms. The summed E-state index contributed by atoms with van der Waals surface area (Å²) >= 11 is 0. The number of amides is 2. The second-order valence-electron chi connectivity index (χ2n) is 8.13. The Morgan fingerprint density at radius 2 is 1.86 bits per heavy atom. The maximum absolute atomic E-state index is 11.6. The predicted octanol–water partition coefficient (Wildman–Crippen LogP) is -2.30. The third kappa shape index (κ3) is 13.3. The Hall–Kier alpha value is -2.82. The lowest BCUT2D eigenvalue weighted by Crippen LogP contribution is -2.31. The lowest BCUT2D eigenvalue weighted by atomic mass is 10.1. The standard InChI is InChI=1S/C10H15N3O4.C7H15N3O3.C4H12N2/c1-5-3-13(10(16)12-9(5)11)8-2-6(15)7(4-14)17-8;8-5(6(11)12)3-1-2-4-10-7(9)13;5-3-1-2-4-6/h3,6-8,14-15H,2,4H2,1H3,(H2,11,12,16);5H,1-4,8H2,(H,11,12)(H3,9,10,13);1-6H2/t6-,7+,8+;;/m0../s1. The topological polar surface area (TPSA) is 281 Å². The number of nitrogens with zero attached hydrogens (tertiary/aromatic N) is 2. The number of carbonyl (C=O) groups is 2. The maximum Gasteiger partial charge on any atom is 0.351 e. The van der Waals surface area contributed by atoms with Gasteiger partial charge < -0.3 is 54.0 Å². The number of aliphatic hydroxyl groups excluding tert-OH is 2. The molecule has 2 amide bonds. The molecule has 1 aromatic rings. The number of aromatic nitrogens is 2. The zero-order valence-corrected chi connectivity index (χ0v) is 20.7. The molecule has 1 fully saturated rings. The summed E-state index contributed by atoms with van der Waals surface area (Å²) in [5, 5.41) is 29.4. The Morgan fingerprint density at radius 1 is 1.25 bits per heavy atom. The number of unbranched alkanes of at least 4 members (excludes halogenated alkanes) is 2. The molecule has 2 heterocycles. The molecular formula is C21H42N8O7. The van der Waals surface area contributed by atoms with Crippen molar-refractivity contribution in [1.29, 1.82) is 0 Å². The van der Waals surface area contributed by atoms with Crippen molar-refractivity contribution in [2.75, 3.05) is 32.0 Å². The van der Waals surface area contributed by atoms with Gasteiger partial charge >= 0.3 is 17.7 Å². The van der Waals surface area contributed by atoms with E-state index < -0.39 is 42.2 Å². The molecule has 0 spiro atoms. The van der Waals surface area contributed by atoms with Crippen LogP contribution in [0.3, 0.4) is 0 Å². The van der Waals surface area contributed by atoms with Crippen LogP contribution in [0.5, 0.6) is 0 Å². The fraction of sp³-hybridized carbons (Fsp3) is 0.714. The Morgan fingerprint density at radius 3 is 2.33 bits per heavy atom. The highest BCUT2D eigenvalue weighted by atomic mass is 16.5. The molecule has 0 aromatic carbocycles. The summed E-state index contributed by atoms with van der Waals surface area (Å²) in [6, 6.07) is -1.38. The smallest absolute Gasteiger partial charge is 0.351 e. The number of nitrogens with two attached hydrogens (primary N) is 5. The minimum absolute atomic E-state index is 0.184. The van der Waals surface area contributed by atoms with E-state index in [2.05, 4.69) is 10.3 Å². The second kappa shape index (κ2) is 18.4. The number of hydrogen-bond acceptors (Lipinski definition) is 11. The van der Waals surface area contributed by atoms with Crippen LogP contribution in [-0.4, -0.2) is 81.4 Å². The molecule has 1 aromatic heterocycles. The first-order chi connectivity index (χ1) is 17.0. The minimum atomic E-state index is -0.997. The van der Waals surface area contributed by atoms with Crippen molar-refractivity contribution in [1.82, 2.24) is 14.9 Å². The van der Waals surface area contributed by atoms with Crippen LogP contribution >= 0.6 is 0 Å². The summed E-state index contributed by atoms with van der Waals surface area (Å²) in [6.45, 7) is 3.46. The van der Waals surface area contributed by atoms with E-state index in [9.17, 15) is 19.5 Å². The van der Waals surface area contributed by atoms with E-state index in [0.717, 1.165) is 25.9 Å². The summed E-state index contributed by atoms with van der Waals surface area (Å²) in [5.41, 5.74) is 26.0. The summed E-state index contributed by atoms with van der Waals surface area (Å²) in [5.74, 6) is -0.814. The number of anilines is 1. The molecule has 1 saturated heterocycles. The average molecular weight is 519 g/mol. The van der Waals surface area contributed by atoms with Crippen LogP contribution in [-0.2, 0) is 9.53 Å². The Balaban J connectivity index is 0.000000573. The van der Waals surface area contributed by atoms with Gasteiger partial charge in [0.2, 0.25) is 0 Å². The third-order valence-corrected chi connectivity index (χ3v) is 5.08.